The monoisotopic (exact) mass is 454 g/mol. The minimum Gasteiger partial charge on any atom is -0.405 e. The molecule has 5 rings (SSSR count). The van der Waals surface area contributed by atoms with Crippen molar-refractivity contribution >= 4 is 17.9 Å². The topological polar surface area (TPSA) is 88.8 Å². The van der Waals surface area contributed by atoms with Crippen LogP contribution in [0.25, 0.3) is 6.08 Å². The Morgan fingerprint density at radius 3 is 2.58 bits per heavy atom. The smallest absolute Gasteiger partial charge is 0.272 e. The standard InChI is InChI=1S/C24H24F2N4O3/c25-16-12-15(13-17(26)14-16)20-4-5-21-30(20)23(32)24(33-21)7-10-29(11-8-24)22(31)19-3-1-2-18(28-19)6-9-27/h1-3,6,9,12-14,20-21H,4-5,7-8,10-11,27H2/b9-6-. The lowest BCUT2D eigenvalue weighted by Crippen LogP contribution is -2.51. The van der Waals surface area contributed by atoms with E-state index in [4.69, 9.17) is 10.5 Å². The van der Waals surface area contributed by atoms with Gasteiger partial charge in [0.25, 0.3) is 11.8 Å². The van der Waals surface area contributed by atoms with Gasteiger partial charge in [-0.2, -0.15) is 0 Å². The average molecular weight is 454 g/mol. The summed E-state index contributed by atoms with van der Waals surface area (Å²) >= 11 is 0. The summed E-state index contributed by atoms with van der Waals surface area (Å²) in [5.41, 5.74) is 5.74. The Morgan fingerprint density at radius 1 is 1.15 bits per heavy atom. The van der Waals surface area contributed by atoms with E-state index in [0.29, 0.717) is 55.7 Å². The summed E-state index contributed by atoms with van der Waals surface area (Å²) in [7, 11) is 0. The number of halogens is 2. The molecule has 33 heavy (non-hydrogen) atoms. The highest BCUT2D eigenvalue weighted by molar-refractivity contribution is 5.93. The molecule has 0 saturated carbocycles. The third-order valence-corrected chi connectivity index (χ3v) is 6.70. The number of aromatic nitrogens is 1. The summed E-state index contributed by atoms with van der Waals surface area (Å²) in [4.78, 5) is 34.0. The van der Waals surface area contributed by atoms with E-state index < -0.39 is 29.5 Å². The third kappa shape index (κ3) is 3.76. The molecular weight excluding hydrogens is 430 g/mol. The Kier molecular flexibility index (Phi) is 5.36. The van der Waals surface area contributed by atoms with E-state index in [0.717, 1.165) is 6.07 Å². The van der Waals surface area contributed by atoms with Crippen molar-refractivity contribution in [2.75, 3.05) is 13.1 Å². The second-order valence-corrected chi connectivity index (χ2v) is 8.67. The maximum absolute atomic E-state index is 13.8. The van der Waals surface area contributed by atoms with Gasteiger partial charge in [0.2, 0.25) is 0 Å². The number of pyridine rings is 1. The second kappa shape index (κ2) is 8.22. The number of ether oxygens (including phenoxy) is 1. The molecule has 1 aromatic carbocycles. The first kappa shape index (κ1) is 21.5. The van der Waals surface area contributed by atoms with Crippen molar-refractivity contribution in [2.45, 2.75) is 43.6 Å². The van der Waals surface area contributed by atoms with Crippen molar-refractivity contribution in [3.63, 3.8) is 0 Å². The summed E-state index contributed by atoms with van der Waals surface area (Å²) < 4.78 is 33.8. The van der Waals surface area contributed by atoms with Gasteiger partial charge in [0.05, 0.1) is 11.7 Å². The lowest BCUT2D eigenvalue weighted by molar-refractivity contribution is -0.142. The zero-order valence-corrected chi connectivity index (χ0v) is 17.9. The number of nitrogens with zero attached hydrogens (tertiary/aromatic N) is 3. The number of carbonyl (C=O) groups excluding carboxylic acids is 2. The Bertz CT molecular complexity index is 1110. The number of nitrogens with two attached hydrogens (primary N) is 1. The van der Waals surface area contributed by atoms with Crippen LogP contribution in [0.4, 0.5) is 8.78 Å². The highest BCUT2D eigenvalue weighted by Crippen LogP contribution is 2.47. The summed E-state index contributed by atoms with van der Waals surface area (Å²) in [6, 6.07) is 8.10. The van der Waals surface area contributed by atoms with Crippen LogP contribution < -0.4 is 5.73 Å². The van der Waals surface area contributed by atoms with E-state index in [-0.39, 0.29) is 11.8 Å². The first-order valence-electron chi connectivity index (χ1n) is 11.0. The minimum atomic E-state index is -1.01. The zero-order chi connectivity index (χ0) is 23.2. The molecule has 9 heteroatoms. The molecule has 0 aliphatic carbocycles. The van der Waals surface area contributed by atoms with Gasteiger partial charge in [0.15, 0.2) is 5.60 Å². The van der Waals surface area contributed by atoms with Gasteiger partial charge in [-0.1, -0.05) is 6.07 Å². The van der Waals surface area contributed by atoms with E-state index in [1.165, 1.54) is 18.3 Å². The highest BCUT2D eigenvalue weighted by atomic mass is 19.1. The predicted octanol–water partition coefficient (Wildman–Crippen LogP) is 2.98. The number of rotatable bonds is 3. The van der Waals surface area contributed by atoms with E-state index in [1.807, 2.05) is 0 Å². The Labute approximate surface area is 189 Å². The Morgan fingerprint density at radius 2 is 1.88 bits per heavy atom. The van der Waals surface area contributed by atoms with Crippen LogP contribution in [0.1, 0.15) is 53.5 Å². The number of carbonyl (C=O) groups is 2. The van der Waals surface area contributed by atoms with Crippen LogP contribution in [-0.4, -0.2) is 51.5 Å². The largest absolute Gasteiger partial charge is 0.405 e. The molecule has 1 aromatic heterocycles. The van der Waals surface area contributed by atoms with Gasteiger partial charge in [-0.15, -0.1) is 0 Å². The number of amides is 2. The number of piperidine rings is 1. The maximum Gasteiger partial charge on any atom is 0.272 e. The molecule has 2 aromatic rings. The van der Waals surface area contributed by atoms with Crippen LogP contribution in [0.15, 0.2) is 42.6 Å². The molecule has 3 saturated heterocycles. The third-order valence-electron chi connectivity index (χ3n) is 6.70. The van der Waals surface area contributed by atoms with Gasteiger partial charge < -0.3 is 20.3 Å². The summed E-state index contributed by atoms with van der Waals surface area (Å²) in [6.07, 6.45) is 4.46. The molecule has 2 atom stereocenters. The van der Waals surface area contributed by atoms with Gasteiger partial charge in [0.1, 0.15) is 23.6 Å². The second-order valence-electron chi connectivity index (χ2n) is 8.67. The molecule has 3 fully saturated rings. The summed E-state index contributed by atoms with van der Waals surface area (Å²) in [6.45, 7) is 0.700. The number of benzene rings is 1. The maximum atomic E-state index is 13.8. The first-order chi connectivity index (χ1) is 15.9. The molecule has 172 valence electrons. The first-order valence-corrected chi connectivity index (χ1v) is 11.0. The van der Waals surface area contributed by atoms with E-state index in [9.17, 15) is 18.4 Å². The zero-order valence-electron chi connectivity index (χ0n) is 17.9. The Balaban J connectivity index is 1.30. The summed E-state index contributed by atoms with van der Waals surface area (Å²) in [5, 5.41) is 0. The van der Waals surface area contributed by atoms with Crippen LogP contribution in [-0.2, 0) is 9.53 Å². The minimum absolute atomic E-state index is 0.167. The van der Waals surface area contributed by atoms with Gasteiger partial charge in [-0.3, -0.25) is 9.59 Å². The molecule has 2 N–H and O–H groups in total. The molecule has 2 amide bonds. The molecule has 2 unspecified atom stereocenters. The Hall–Kier alpha value is -3.33. The van der Waals surface area contributed by atoms with Gasteiger partial charge in [0, 0.05) is 32.0 Å². The molecular formula is C24H24F2N4O3. The number of hydrogen-bond acceptors (Lipinski definition) is 5. The molecule has 4 heterocycles. The van der Waals surface area contributed by atoms with Crippen molar-refractivity contribution in [3.05, 3.63) is 71.2 Å². The van der Waals surface area contributed by atoms with Crippen molar-refractivity contribution in [3.8, 4) is 0 Å². The van der Waals surface area contributed by atoms with E-state index in [2.05, 4.69) is 4.98 Å². The molecule has 0 radical (unpaired) electrons. The van der Waals surface area contributed by atoms with Crippen LogP contribution >= 0.6 is 0 Å². The molecule has 3 aliphatic rings. The fourth-order valence-corrected chi connectivity index (χ4v) is 5.13. The molecule has 1 spiro atoms. The predicted molar refractivity (Wildman–Crippen MR) is 115 cm³/mol. The fraction of sp³-hybridized carbons (Fsp3) is 0.375. The lowest BCUT2D eigenvalue weighted by atomic mass is 9.89. The van der Waals surface area contributed by atoms with Gasteiger partial charge in [-0.05, 0) is 54.9 Å². The van der Waals surface area contributed by atoms with Crippen molar-refractivity contribution in [1.82, 2.24) is 14.8 Å². The van der Waals surface area contributed by atoms with Crippen LogP contribution in [0.5, 0.6) is 0 Å². The molecule has 7 nitrogen and oxygen atoms in total. The lowest BCUT2D eigenvalue weighted by Gasteiger charge is -2.37. The highest BCUT2D eigenvalue weighted by Gasteiger charge is 2.58. The van der Waals surface area contributed by atoms with E-state index >= 15 is 0 Å². The van der Waals surface area contributed by atoms with Crippen molar-refractivity contribution in [2.24, 2.45) is 5.73 Å². The molecule has 0 bridgehead atoms. The van der Waals surface area contributed by atoms with Crippen LogP contribution in [0.2, 0.25) is 0 Å². The van der Waals surface area contributed by atoms with Crippen LogP contribution in [0, 0.1) is 11.6 Å². The fourth-order valence-electron chi connectivity index (χ4n) is 5.13. The van der Waals surface area contributed by atoms with Crippen molar-refractivity contribution < 1.29 is 23.1 Å². The summed E-state index contributed by atoms with van der Waals surface area (Å²) in [5.74, 6) is -1.71. The quantitative estimate of drug-likeness (QED) is 0.770. The normalized spacial score (nSPS) is 24.1. The number of hydrogen-bond donors (Lipinski definition) is 1. The average Bonchev–Trinajstić information content (AvgIpc) is 3.32. The van der Waals surface area contributed by atoms with Gasteiger partial charge in [-0.25, -0.2) is 13.8 Å². The van der Waals surface area contributed by atoms with E-state index in [1.54, 1.807) is 34.1 Å². The SMILES string of the molecule is N/C=C\c1cccc(C(=O)N2CCC3(CC2)OC2CCC(c4cc(F)cc(F)c4)N2C3=O)n1. The number of fused-ring (bicyclic) bond motifs is 1. The van der Waals surface area contributed by atoms with Gasteiger partial charge >= 0.3 is 0 Å². The number of likely N-dealkylation sites (tertiary alicyclic amines) is 1. The van der Waals surface area contributed by atoms with Crippen LogP contribution in [0.3, 0.4) is 0 Å². The van der Waals surface area contributed by atoms with Crippen molar-refractivity contribution in [1.29, 1.82) is 0 Å². The molecule has 3 aliphatic heterocycles.